The highest BCUT2D eigenvalue weighted by Gasteiger charge is 2.23. The number of H-pyrrole nitrogens is 1. The minimum absolute atomic E-state index is 0.296. The van der Waals surface area contributed by atoms with Crippen LogP contribution in [0.3, 0.4) is 0 Å². The van der Waals surface area contributed by atoms with Crippen molar-refractivity contribution >= 4 is 5.95 Å². The van der Waals surface area contributed by atoms with Gasteiger partial charge in [-0.2, -0.15) is 4.98 Å². The Morgan fingerprint density at radius 2 is 2.11 bits per heavy atom. The standard InChI is InChI=1S/C13H26N6/c1-10(14)11-4-8-19(9-5-11)13-15-12(16-17-13)6-7-18(2)3/h10-11H,4-9,14H2,1-3H3,(H,15,16,17). The SMILES string of the molecule is CC(N)C1CCN(c2n[nH]c(CCN(C)C)n2)CC1. The summed E-state index contributed by atoms with van der Waals surface area (Å²) in [5, 5.41) is 7.37. The second kappa shape index (κ2) is 6.34. The topological polar surface area (TPSA) is 74.1 Å². The molecule has 0 radical (unpaired) electrons. The van der Waals surface area contributed by atoms with Crippen molar-refractivity contribution < 1.29 is 0 Å². The third-order valence-corrected chi connectivity index (χ3v) is 3.88. The lowest BCUT2D eigenvalue weighted by atomic mass is 9.91. The summed E-state index contributed by atoms with van der Waals surface area (Å²) >= 11 is 0. The molecule has 1 atom stereocenters. The molecular weight excluding hydrogens is 240 g/mol. The number of rotatable bonds is 5. The highest BCUT2D eigenvalue weighted by atomic mass is 15.4. The van der Waals surface area contributed by atoms with E-state index in [1.807, 2.05) is 0 Å². The third-order valence-electron chi connectivity index (χ3n) is 3.88. The van der Waals surface area contributed by atoms with Crippen LogP contribution in [0.4, 0.5) is 5.95 Å². The van der Waals surface area contributed by atoms with Crippen molar-refractivity contribution in [1.82, 2.24) is 20.1 Å². The molecule has 2 heterocycles. The highest BCUT2D eigenvalue weighted by molar-refractivity contribution is 5.29. The van der Waals surface area contributed by atoms with Crippen molar-refractivity contribution in [3.63, 3.8) is 0 Å². The van der Waals surface area contributed by atoms with E-state index >= 15 is 0 Å². The molecule has 0 spiro atoms. The van der Waals surface area contributed by atoms with Crippen molar-refractivity contribution in [2.24, 2.45) is 11.7 Å². The van der Waals surface area contributed by atoms with Gasteiger partial charge in [0, 0.05) is 32.1 Å². The summed E-state index contributed by atoms with van der Waals surface area (Å²) < 4.78 is 0. The van der Waals surface area contributed by atoms with E-state index in [4.69, 9.17) is 5.73 Å². The number of nitrogens with two attached hydrogens (primary N) is 1. The molecule has 0 amide bonds. The Bertz CT molecular complexity index is 378. The molecule has 19 heavy (non-hydrogen) atoms. The molecule has 1 aliphatic rings. The maximum Gasteiger partial charge on any atom is 0.244 e. The van der Waals surface area contributed by atoms with E-state index in [9.17, 15) is 0 Å². The lowest BCUT2D eigenvalue weighted by molar-refractivity contribution is 0.352. The molecule has 6 nitrogen and oxygen atoms in total. The van der Waals surface area contributed by atoms with Crippen molar-refractivity contribution in [3.05, 3.63) is 5.82 Å². The fourth-order valence-corrected chi connectivity index (χ4v) is 2.49. The Balaban J connectivity index is 1.86. The number of likely N-dealkylation sites (N-methyl/N-ethyl adjacent to an activating group) is 1. The summed E-state index contributed by atoms with van der Waals surface area (Å²) in [7, 11) is 4.13. The molecule has 0 bridgehead atoms. The van der Waals surface area contributed by atoms with E-state index < -0.39 is 0 Å². The van der Waals surface area contributed by atoms with Crippen molar-refractivity contribution in [1.29, 1.82) is 0 Å². The number of nitrogens with one attached hydrogen (secondary N) is 1. The number of hydrogen-bond donors (Lipinski definition) is 2. The Kier molecular flexibility index (Phi) is 4.76. The van der Waals surface area contributed by atoms with E-state index in [1.54, 1.807) is 0 Å². The van der Waals surface area contributed by atoms with Crippen LogP contribution >= 0.6 is 0 Å². The quantitative estimate of drug-likeness (QED) is 0.810. The maximum absolute atomic E-state index is 5.96. The van der Waals surface area contributed by atoms with Gasteiger partial charge >= 0.3 is 0 Å². The Morgan fingerprint density at radius 3 is 2.68 bits per heavy atom. The van der Waals surface area contributed by atoms with E-state index in [-0.39, 0.29) is 0 Å². The Morgan fingerprint density at radius 1 is 1.42 bits per heavy atom. The first-order valence-electron chi connectivity index (χ1n) is 7.13. The molecule has 2 rings (SSSR count). The summed E-state index contributed by atoms with van der Waals surface area (Å²) in [6.07, 6.45) is 3.19. The van der Waals surface area contributed by atoms with Gasteiger partial charge in [-0.3, -0.25) is 5.10 Å². The van der Waals surface area contributed by atoms with Crippen LogP contribution in [0.5, 0.6) is 0 Å². The predicted molar refractivity (Wildman–Crippen MR) is 77.2 cm³/mol. The molecule has 6 heteroatoms. The van der Waals surface area contributed by atoms with Crippen LogP contribution in [0.2, 0.25) is 0 Å². The van der Waals surface area contributed by atoms with Gasteiger partial charge in [0.05, 0.1) is 0 Å². The van der Waals surface area contributed by atoms with Gasteiger partial charge in [-0.15, -0.1) is 5.10 Å². The average molecular weight is 266 g/mol. The van der Waals surface area contributed by atoms with Gasteiger partial charge in [0.1, 0.15) is 5.82 Å². The third kappa shape index (κ3) is 3.91. The average Bonchev–Trinajstić information content (AvgIpc) is 2.85. The minimum Gasteiger partial charge on any atom is -0.340 e. The lowest BCUT2D eigenvalue weighted by Crippen LogP contribution is -2.40. The molecule has 1 aromatic rings. The first-order valence-corrected chi connectivity index (χ1v) is 7.13. The molecule has 1 unspecified atom stereocenters. The van der Waals surface area contributed by atoms with Gasteiger partial charge in [0.2, 0.25) is 5.95 Å². The van der Waals surface area contributed by atoms with E-state index in [0.29, 0.717) is 12.0 Å². The van der Waals surface area contributed by atoms with Gasteiger partial charge in [0.15, 0.2) is 0 Å². The second-order valence-corrected chi connectivity index (χ2v) is 5.82. The van der Waals surface area contributed by atoms with E-state index in [1.165, 1.54) is 0 Å². The molecule has 1 aromatic heterocycles. The summed E-state index contributed by atoms with van der Waals surface area (Å²) in [4.78, 5) is 8.98. The molecule has 1 aliphatic heterocycles. The van der Waals surface area contributed by atoms with Crippen LogP contribution in [0.15, 0.2) is 0 Å². The largest absolute Gasteiger partial charge is 0.340 e. The van der Waals surface area contributed by atoms with Crippen LogP contribution in [0.1, 0.15) is 25.6 Å². The molecule has 108 valence electrons. The van der Waals surface area contributed by atoms with E-state index in [0.717, 1.165) is 50.7 Å². The van der Waals surface area contributed by atoms with E-state index in [2.05, 4.69) is 46.0 Å². The number of piperidine rings is 1. The number of aromatic nitrogens is 3. The van der Waals surface area contributed by atoms with Gasteiger partial charge in [-0.1, -0.05) is 0 Å². The van der Waals surface area contributed by atoms with Crippen molar-refractivity contribution in [2.45, 2.75) is 32.2 Å². The fraction of sp³-hybridized carbons (Fsp3) is 0.846. The van der Waals surface area contributed by atoms with Crippen LogP contribution in [-0.2, 0) is 6.42 Å². The zero-order chi connectivity index (χ0) is 13.8. The molecule has 3 N–H and O–H groups in total. The smallest absolute Gasteiger partial charge is 0.244 e. The zero-order valence-corrected chi connectivity index (χ0v) is 12.3. The van der Waals surface area contributed by atoms with Gasteiger partial charge in [0.25, 0.3) is 0 Å². The Labute approximate surface area is 115 Å². The van der Waals surface area contributed by atoms with Crippen LogP contribution in [0, 0.1) is 5.92 Å². The maximum atomic E-state index is 5.96. The normalized spacial score (nSPS) is 19.1. The first-order chi connectivity index (χ1) is 9.06. The fourth-order valence-electron chi connectivity index (χ4n) is 2.49. The summed E-state index contributed by atoms with van der Waals surface area (Å²) in [6.45, 7) is 5.11. The number of anilines is 1. The van der Waals surface area contributed by atoms with Crippen LogP contribution in [-0.4, -0.2) is 59.9 Å². The minimum atomic E-state index is 0.296. The van der Waals surface area contributed by atoms with Crippen LogP contribution in [0.25, 0.3) is 0 Å². The first kappa shape index (κ1) is 14.3. The Hall–Kier alpha value is -1.14. The van der Waals surface area contributed by atoms with Gasteiger partial charge in [-0.25, -0.2) is 0 Å². The number of aromatic amines is 1. The monoisotopic (exact) mass is 266 g/mol. The van der Waals surface area contributed by atoms with Crippen molar-refractivity contribution in [2.75, 3.05) is 38.6 Å². The zero-order valence-electron chi connectivity index (χ0n) is 12.3. The number of nitrogens with zero attached hydrogens (tertiary/aromatic N) is 4. The lowest BCUT2D eigenvalue weighted by Gasteiger charge is -2.32. The molecule has 1 saturated heterocycles. The molecule has 0 aromatic carbocycles. The second-order valence-electron chi connectivity index (χ2n) is 5.82. The van der Waals surface area contributed by atoms with Crippen molar-refractivity contribution in [3.8, 4) is 0 Å². The molecular formula is C13H26N6. The van der Waals surface area contributed by atoms with Gasteiger partial charge in [-0.05, 0) is 39.8 Å². The number of hydrogen-bond acceptors (Lipinski definition) is 5. The molecule has 0 aliphatic carbocycles. The molecule has 1 fully saturated rings. The highest BCUT2D eigenvalue weighted by Crippen LogP contribution is 2.22. The van der Waals surface area contributed by atoms with Crippen LogP contribution < -0.4 is 10.6 Å². The summed E-state index contributed by atoms with van der Waals surface area (Å²) in [6, 6.07) is 0.296. The molecule has 0 saturated carbocycles. The summed E-state index contributed by atoms with van der Waals surface area (Å²) in [5.74, 6) is 2.46. The predicted octanol–water partition coefficient (Wildman–Crippen LogP) is 0.472. The summed E-state index contributed by atoms with van der Waals surface area (Å²) in [5.41, 5.74) is 5.96. The van der Waals surface area contributed by atoms with Gasteiger partial charge < -0.3 is 15.5 Å².